The Bertz CT molecular complexity index is 1690. The summed E-state index contributed by atoms with van der Waals surface area (Å²) in [6.45, 7) is 12.0. The second kappa shape index (κ2) is 12.3. The van der Waals surface area contributed by atoms with Crippen LogP contribution < -0.4 is 0 Å². The monoisotopic (exact) mass is 722 g/mol. The first-order valence-corrected chi connectivity index (χ1v) is 13.9. The maximum Gasteiger partial charge on any atom is 0.0539 e. The third-order valence-corrected chi connectivity index (χ3v) is 7.71. The van der Waals surface area contributed by atoms with Crippen LogP contribution in [0.15, 0.2) is 79.0 Å². The fourth-order valence-electron chi connectivity index (χ4n) is 5.82. The summed E-state index contributed by atoms with van der Waals surface area (Å²) < 4.78 is 0. The minimum atomic E-state index is -0.375. The largest absolute Gasteiger partial charge is 0.393 e. The summed E-state index contributed by atoms with van der Waals surface area (Å²) in [4.78, 5) is 9.26. The van der Waals surface area contributed by atoms with Gasteiger partial charge in [-0.25, -0.2) is 0 Å². The van der Waals surface area contributed by atoms with Gasteiger partial charge in [-0.2, -0.15) is 0 Å². The summed E-state index contributed by atoms with van der Waals surface area (Å²) in [5.41, 5.74) is 11.8. The Morgan fingerprint density at radius 2 is 1.49 bits per heavy atom. The van der Waals surface area contributed by atoms with Crippen LogP contribution in [-0.2, 0) is 25.5 Å². The Kier molecular flexibility index (Phi) is 9.25. The van der Waals surface area contributed by atoms with Gasteiger partial charge in [0.25, 0.3) is 0 Å². The number of aliphatic hydroxyl groups is 2. The van der Waals surface area contributed by atoms with Crippen LogP contribution in [0.2, 0.25) is 0 Å². The van der Waals surface area contributed by atoms with Gasteiger partial charge in [-0.15, -0.1) is 29.1 Å². The van der Waals surface area contributed by atoms with Crippen molar-refractivity contribution >= 4 is 10.8 Å². The average Bonchev–Trinajstić information content (AvgIpc) is 3.14. The maximum absolute atomic E-state index is 8.56. The van der Waals surface area contributed by atoms with E-state index >= 15 is 0 Å². The zero-order valence-electron chi connectivity index (χ0n) is 24.5. The number of aryl methyl sites for hydroxylation is 2. The average molecular weight is 722 g/mol. The quantitative estimate of drug-likeness (QED) is 0.186. The van der Waals surface area contributed by atoms with Gasteiger partial charge in [0.05, 0.1) is 17.9 Å². The molecular formula is C36H37IrN2O2-. The molecule has 4 aromatic carbocycles. The van der Waals surface area contributed by atoms with Crippen LogP contribution >= 0.6 is 0 Å². The third-order valence-electron chi connectivity index (χ3n) is 7.71. The summed E-state index contributed by atoms with van der Waals surface area (Å²) in [5, 5.41) is 19.5. The minimum Gasteiger partial charge on any atom is -0.393 e. The third kappa shape index (κ3) is 6.19. The fourth-order valence-corrected chi connectivity index (χ4v) is 5.82. The molecule has 0 saturated heterocycles. The van der Waals surface area contributed by atoms with Crippen molar-refractivity contribution in [2.24, 2.45) is 0 Å². The molecule has 4 nitrogen and oxygen atoms in total. The van der Waals surface area contributed by atoms with Crippen molar-refractivity contribution in [1.82, 2.24) is 9.97 Å². The van der Waals surface area contributed by atoms with E-state index in [2.05, 4.69) is 96.6 Å². The van der Waals surface area contributed by atoms with E-state index in [1.54, 1.807) is 13.8 Å². The first kappa shape index (κ1) is 30.7. The molecule has 1 radical (unpaired) electrons. The number of benzene rings is 4. The molecule has 0 spiro atoms. The molecular weight excluding hydrogens is 685 g/mol. The molecule has 41 heavy (non-hydrogen) atoms. The topological polar surface area (TPSA) is 66.2 Å². The Balaban J connectivity index is 0.000000434. The van der Waals surface area contributed by atoms with Crippen LogP contribution in [0.5, 0.6) is 0 Å². The number of nitrogens with zero attached hydrogens (tertiary/aromatic N) is 2. The number of hydrogen-bond donors (Lipinski definition) is 2. The zero-order valence-corrected chi connectivity index (χ0v) is 26.9. The summed E-state index contributed by atoms with van der Waals surface area (Å²) in [7, 11) is 0. The second-order valence-electron chi connectivity index (χ2n) is 11.5. The van der Waals surface area contributed by atoms with E-state index in [0.717, 1.165) is 28.0 Å². The molecule has 0 bridgehead atoms. The van der Waals surface area contributed by atoms with E-state index in [4.69, 9.17) is 10.2 Å². The first-order chi connectivity index (χ1) is 19.1. The van der Waals surface area contributed by atoms with Gasteiger partial charge in [-0.05, 0) is 73.6 Å². The molecule has 0 saturated carbocycles. The van der Waals surface area contributed by atoms with Gasteiger partial charge in [0.2, 0.25) is 0 Å². The van der Waals surface area contributed by atoms with Crippen molar-refractivity contribution in [3.05, 3.63) is 108 Å². The van der Waals surface area contributed by atoms with Gasteiger partial charge in [0, 0.05) is 43.1 Å². The van der Waals surface area contributed by atoms with Gasteiger partial charge in [-0.1, -0.05) is 73.8 Å². The van der Waals surface area contributed by atoms with Gasteiger partial charge in [-0.3, -0.25) is 4.98 Å². The van der Waals surface area contributed by atoms with Gasteiger partial charge in [0.1, 0.15) is 0 Å². The van der Waals surface area contributed by atoms with Gasteiger partial charge >= 0.3 is 0 Å². The summed E-state index contributed by atoms with van der Waals surface area (Å²) in [6.07, 6.45) is 1.55. The van der Waals surface area contributed by atoms with E-state index in [1.807, 2.05) is 26.1 Å². The molecule has 0 aliphatic heterocycles. The molecule has 1 heterocycles. The molecule has 2 atom stereocenters. The van der Waals surface area contributed by atoms with Crippen molar-refractivity contribution in [3.8, 4) is 33.5 Å². The van der Waals surface area contributed by atoms with Crippen molar-refractivity contribution in [3.63, 3.8) is 0 Å². The zero-order chi connectivity index (χ0) is 28.6. The molecule has 2 N–H and O–H groups in total. The van der Waals surface area contributed by atoms with Crippen molar-refractivity contribution < 1.29 is 30.3 Å². The summed E-state index contributed by atoms with van der Waals surface area (Å²) in [6, 6.07) is 29.9. The number of aromatic nitrogens is 2. The van der Waals surface area contributed by atoms with Crippen LogP contribution in [0, 0.1) is 19.9 Å². The normalized spacial score (nSPS) is 14.2. The van der Waals surface area contributed by atoms with Crippen molar-refractivity contribution in [2.45, 2.75) is 65.6 Å². The van der Waals surface area contributed by atoms with E-state index < -0.39 is 0 Å². The number of aliphatic hydroxyl groups excluding tert-OH is 2. The van der Waals surface area contributed by atoms with Crippen LogP contribution in [0.1, 0.15) is 56.6 Å². The van der Waals surface area contributed by atoms with Crippen molar-refractivity contribution in [2.75, 3.05) is 0 Å². The standard InChI is InChI=1S/C31H25N2.C5H12O2.Ir/c1-19-18-32-30(20(2)33-19)27-10-7-8-23-16-21(12-14-24(23)27)22-13-15-26-25-9-5-6-11-28(25)31(3,4)29(26)17-22;1-4(6)3-5(2)7;/h5-9,11-18H,1-4H3;4-7H,3H2,1-2H3;/q-1;;. The molecule has 6 rings (SSSR count). The van der Waals surface area contributed by atoms with E-state index in [1.165, 1.54) is 38.8 Å². The second-order valence-corrected chi connectivity index (χ2v) is 11.5. The molecule has 1 aromatic heterocycles. The number of hydrogen-bond acceptors (Lipinski definition) is 4. The molecule has 2 unspecified atom stereocenters. The van der Waals surface area contributed by atoms with Crippen molar-refractivity contribution in [1.29, 1.82) is 0 Å². The molecule has 5 aromatic rings. The number of fused-ring (bicyclic) bond motifs is 4. The van der Waals surface area contributed by atoms with Crippen LogP contribution in [-0.4, -0.2) is 32.4 Å². The van der Waals surface area contributed by atoms with Gasteiger partial charge < -0.3 is 15.2 Å². The fraction of sp³-hybridized carbons (Fsp3) is 0.278. The summed E-state index contributed by atoms with van der Waals surface area (Å²) in [5.74, 6) is 0. The molecule has 5 heteroatoms. The predicted molar refractivity (Wildman–Crippen MR) is 164 cm³/mol. The Morgan fingerprint density at radius 3 is 2.17 bits per heavy atom. The SMILES string of the molecule is CC(O)CC(C)O.Cc1cnc(-c2[c-]ccc3cc(-c4ccc5c(c4)C(C)(C)c4ccccc4-5)ccc23)c(C)n1.[Ir]. The molecule has 0 amide bonds. The molecule has 1 aliphatic carbocycles. The smallest absolute Gasteiger partial charge is 0.0539 e. The molecule has 213 valence electrons. The van der Waals surface area contributed by atoms with Crippen LogP contribution in [0.4, 0.5) is 0 Å². The predicted octanol–water partition coefficient (Wildman–Crippen LogP) is 7.82. The Hall–Kier alpha value is -3.21. The summed E-state index contributed by atoms with van der Waals surface area (Å²) >= 11 is 0. The maximum atomic E-state index is 8.56. The number of rotatable bonds is 4. The molecule has 1 aliphatic rings. The van der Waals surface area contributed by atoms with Gasteiger partial charge in [0.15, 0.2) is 0 Å². The molecule has 0 fully saturated rings. The Morgan fingerprint density at radius 1 is 0.829 bits per heavy atom. The first-order valence-electron chi connectivity index (χ1n) is 13.9. The van der Waals surface area contributed by atoms with E-state index in [9.17, 15) is 0 Å². The minimum absolute atomic E-state index is 0. The Labute approximate surface area is 256 Å². The van der Waals surface area contributed by atoms with E-state index in [-0.39, 0.29) is 37.7 Å². The van der Waals surface area contributed by atoms with Crippen LogP contribution in [0.3, 0.4) is 0 Å². The van der Waals surface area contributed by atoms with E-state index in [0.29, 0.717) is 6.42 Å². The van der Waals surface area contributed by atoms with Crippen LogP contribution in [0.25, 0.3) is 44.3 Å².